The minimum atomic E-state index is -0.680. The van der Waals surface area contributed by atoms with Crippen LogP contribution in [0.3, 0.4) is 0 Å². The van der Waals surface area contributed by atoms with Gasteiger partial charge in [0.25, 0.3) is 5.91 Å². The number of alkyl halides is 1. The molecule has 1 N–H and O–H groups in total. The molecule has 3 heterocycles. The summed E-state index contributed by atoms with van der Waals surface area (Å²) >= 11 is 5.75. The lowest BCUT2D eigenvalue weighted by Crippen LogP contribution is -2.52. The number of rotatable bonds is 3. The molecule has 1 aromatic heterocycles. The first-order valence-electron chi connectivity index (χ1n) is 8.47. The van der Waals surface area contributed by atoms with Crippen LogP contribution in [0.15, 0.2) is 30.5 Å². The van der Waals surface area contributed by atoms with Gasteiger partial charge >= 0.3 is 0 Å². The number of carbonyl (C=O) groups is 3. The molecule has 1 aromatic carbocycles. The smallest absolute Gasteiger partial charge is 0.255 e. The van der Waals surface area contributed by atoms with Crippen molar-refractivity contribution in [2.45, 2.75) is 31.3 Å². The molecule has 8 heteroatoms. The lowest BCUT2D eigenvalue weighted by Gasteiger charge is -2.29. The quantitative estimate of drug-likeness (QED) is 0.648. The lowest BCUT2D eigenvalue weighted by atomic mass is 10.0. The van der Waals surface area contributed by atoms with Crippen molar-refractivity contribution in [2.75, 3.05) is 0 Å². The molecular formula is C19H15ClFN3O3. The van der Waals surface area contributed by atoms with Gasteiger partial charge in [0.2, 0.25) is 11.8 Å². The molecule has 1 unspecified atom stereocenters. The molecule has 4 rings (SSSR count). The van der Waals surface area contributed by atoms with Gasteiger partial charge in [-0.25, -0.2) is 4.39 Å². The maximum atomic E-state index is 14.5. The molecule has 2 aromatic rings. The summed E-state index contributed by atoms with van der Waals surface area (Å²) in [6.07, 6.45) is 1.98. The van der Waals surface area contributed by atoms with Crippen molar-refractivity contribution in [3.8, 4) is 11.3 Å². The maximum Gasteiger partial charge on any atom is 0.255 e. The Labute approximate surface area is 159 Å². The molecule has 1 saturated heterocycles. The third kappa shape index (κ3) is 2.98. The molecule has 1 atom stereocenters. The second kappa shape index (κ2) is 6.74. The molecule has 6 nitrogen and oxygen atoms in total. The third-order valence-electron chi connectivity index (χ3n) is 4.91. The summed E-state index contributed by atoms with van der Waals surface area (Å²) in [6, 6.07) is 5.80. The van der Waals surface area contributed by atoms with Gasteiger partial charge in [0.1, 0.15) is 11.7 Å². The van der Waals surface area contributed by atoms with Crippen LogP contribution in [0.2, 0.25) is 0 Å². The number of benzene rings is 1. The van der Waals surface area contributed by atoms with Crippen LogP contribution < -0.4 is 5.32 Å². The fraction of sp³-hybridized carbons (Fsp3) is 0.263. The van der Waals surface area contributed by atoms with Crippen molar-refractivity contribution in [2.24, 2.45) is 0 Å². The first-order valence-corrected chi connectivity index (χ1v) is 9.00. The van der Waals surface area contributed by atoms with Crippen LogP contribution in [-0.2, 0) is 22.0 Å². The van der Waals surface area contributed by atoms with E-state index in [9.17, 15) is 18.8 Å². The van der Waals surface area contributed by atoms with E-state index >= 15 is 0 Å². The molecule has 2 aliphatic heterocycles. The number of aromatic nitrogens is 1. The molecule has 2 aliphatic rings. The molecule has 0 aliphatic carbocycles. The summed E-state index contributed by atoms with van der Waals surface area (Å²) in [7, 11) is 0. The number of pyridine rings is 1. The lowest BCUT2D eigenvalue weighted by molar-refractivity contribution is -0.136. The number of fused-ring (bicyclic) bond motifs is 1. The van der Waals surface area contributed by atoms with E-state index in [0.29, 0.717) is 28.7 Å². The largest absolute Gasteiger partial charge is 0.322 e. The molecule has 3 amide bonds. The number of nitrogens with one attached hydrogen (secondary N) is 1. The minimum Gasteiger partial charge on any atom is -0.322 e. The summed E-state index contributed by atoms with van der Waals surface area (Å²) in [6.45, 7) is 0.227. The predicted octanol–water partition coefficient (Wildman–Crippen LogP) is 2.39. The Bertz CT molecular complexity index is 979. The molecule has 0 spiro atoms. The zero-order chi connectivity index (χ0) is 19.1. The van der Waals surface area contributed by atoms with E-state index < -0.39 is 17.8 Å². The SMILES string of the molecule is O=C1CCC(N2Cc3cc(-c4nccc(CCl)c4F)ccc3C2=O)C(=O)N1. The standard InChI is InChI=1S/C19H15ClFN3O3/c20-8-11-5-6-22-17(16(11)21)10-1-2-13-12(7-10)9-24(19(13)27)14-3-4-15(25)23-18(14)26/h1-2,5-7,14H,3-4,8-9H2,(H,23,25,26). The molecule has 27 heavy (non-hydrogen) atoms. The highest BCUT2D eigenvalue weighted by atomic mass is 35.5. The van der Waals surface area contributed by atoms with E-state index in [1.54, 1.807) is 18.2 Å². The average molecular weight is 388 g/mol. The number of halogens is 2. The van der Waals surface area contributed by atoms with E-state index in [-0.39, 0.29) is 36.4 Å². The van der Waals surface area contributed by atoms with E-state index in [1.807, 2.05) is 0 Å². The Balaban J connectivity index is 1.65. The van der Waals surface area contributed by atoms with Crippen LogP contribution in [0.25, 0.3) is 11.3 Å². The molecule has 0 saturated carbocycles. The number of hydrogen-bond acceptors (Lipinski definition) is 4. The summed E-state index contributed by atoms with van der Waals surface area (Å²) < 4.78 is 14.5. The summed E-state index contributed by atoms with van der Waals surface area (Å²) in [5, 5.41) is 2.27. The van der Waals surface area contributed by atoms with Crippen molar-refractivity contribution in [1.82, 2.24) is 15.2 Å². The highest BCUT2D eigenvalue weighted by molar-refractivity contribution is 6.17. The van der Waals surface area contributed by atoms with Crippen molar-refractivity contribution in [3.05, 3.63) is 53.0 Å². The monoisotopic (exact) mass is 387 g/mol. The van der Waals surface area contributed by atoms with Crippen molar-refractivity contribution in [3.63, 3.8) is 0 Å². The van der Waals surface area contributed by atoms with E-state index in [1.165, 1.54) is 17.2 Å². The second-order valence-corrected chi connectivity index (χ2v) is 6.81. The average Bonchev–Trinajstić information content (AvgIpc) is 2.98. The number of hydrogen-bond donors (Lipinski definition) is 1. The Morgan fingerprint density at radius 2 is 2.07 bits per heavy atom. The van der Waals surface area contributed by atoms with Gasteiger partial charge < -0.3 is 4.90 Å². The van der Waals surface area contributed by atoms with Gasteiger partial charge in [0.15, 0.2) is 5.82 Å². The zero-order valence-corrected chi connectivity index (χ0v) is 14.9. The molecule has 0 bridgehead atoms. The second-order valence-electron chi connectivity index (χ2n) is 6.54. The number of amides is 3. The first-order chi connectivity index (χ1) is 13.0. The highest BCUT2D eigenvalue weighted by Gasteiger charge is 2.39. The van der Waals surface area contributed by atoms with Crippen molar-refractivity contribution >= 4 is 29.3 Å². The normalized spacial score (nSPS) is 19.3. The van der Waals surface area contributed by atoms with Gasteiger partial charge in [0, 0.05) is 35.9 Å². The summed E-state index contributed by atoms with van der Waals surface area (Å²) in [4.78, 5) is 41.7. The van der Waals surface area contributed by atoms with Crippen LogP contribution >= 0.6 is 11.6 Å². The van der Waals surface area contributed by atoms with Crippen LogP contribution in [0, 0.1) is 5.82 Å². The number of piperidine rings is 1. The highest BCUT2D eigenvalue weighted by Crippen LogP contribution is 2.32. The number of imide groups is 1. The Morgan fingerprint density at radius 3 is 2.81 bits per heavy atom. The first kappa shape index (κ1) is 17.6. The summed E-state index contributed by atoms with van der Waals surface area (Å²) in [5.74, 6) is -1.51. The van der Waals surface area contributed by atoms with Gasteiger partial charge in [0.05, 0.1) is 5.88 Å². The van der Waals surface area contributed by atoms with Crippen LogP contribution in [0.5, 0.6) is 0 Å². The van der Waals surface area contributed by atoms with E-state index in [2.05, 4.69) is 10.3 Å². The predicted molar refractivity (Wildman–Crippen MR) is 95.2 cm³/mol. The van der Waals surface area contributed by atoms with Gasteiger partial charge in [-0.15, -0.1) is 11.6 Å². The Kier molecular flexibility index (Phi) is 4.39. The Hall–Kier alpha value is -2.80. The summed E-state index contributed by atoms with van der Waals surface area (Å²) in [5.41, 5.74) is 2.22. The van der Waals surface area contributed by atoms with Crippen LogP contribution in [0.1, 0.15) is 34.3 Å². The van der Waals surface area contributed by atoms with Gasteiger partial charge in [-0.1, -0.05) is 6.07 Å². The van der Waals surface area contributed by atoms with Crippen molar-refractivity contribution < 1.29 is 18.8 Å². The molecule has 1 fully saturated rings. The fourth-order valence-corrected chi connectivity index (χ4v) is 3.72. The van der Waals surface area contributed by atoms with Gasteiger partial charge in [-0.3, -0.25) is 24.7 Å². The Morgan fingerprint density at radius 1 is 1.26 bits per heavy atom. The van der Waals surface area contributed by atoms with Gasteiger partial charge in [-0.2, -0.15) is 0 Å². The number of carbonyl (C=O) groups excluding carboxylic acids is 3. The topological polar surface area (TPSA) is 79.4 Å². The van der Waals surface area contributed by atoms with E-state index in [4.69, 9.17) is 11.6 Å². The van der Waals surface area contributed by atoms with Crippen LogP contribution in [-0.4, -0.2) is 33.6 Å². The molecule has 0 radical (unpaired) electrons. The van der Waals surface area contributed by atoms with Crippen molar-refractivity contribution in [1.29, 1.82) is 0 Å². The fourth-order valence-electron chi connectivity index (χ4n) is 3.51. The van der Waals surface area contributed by atoms with E-state index in [0.717, 1.165) is 0 Å². The zero-order valence-electron chi connectivity index (χ0n) is 14.2. The molecular weight excluding hydrogens is 373 g/mol. The molecule has 138 valence electrons. The number of nitrogens with zero attached hydrogens (tertiary/aromatic N) is 2. The van der Waals surface area contributed by atoms with Crippen LogP contribution in [0.4, 0.5) is 4.39 Å². The third-order valence-corrected chi connectivity index (χ3v) is 5.20. The van der Waals surface area contributed by atoms with Gasteiger partial charge in [-0.05, 0) is 30.2 Å². The minimum absolute atomic E-state index is 0.0358. The maximum absolute atomic E-state index is 14.5.